The minimum absolute atomic E-state index is 0.0477. The Hall–Kier alpha value is -3.59. The largest absolute Gasteiger partial charge is 0.434 e. The molecule has 0 atom stereocenters. The molecule has 0 saturated carbocycles. The van der Waals surface area contributed by atoms with Gasteiger partial charge < -0.3 is 15.4 Å². The highest BCUT2D eigenvalue weighted by Crippen LogP contribution is 2.31. The minimum atomic E-state index is -0.878. The van der Waals surface area contributed by atoms with Gasteiger partial charge in [0.2, 0.25) is 11.8 Å². The van der Waals surface area contributed by atoms with Crippen LogP contribution in [0.3, 0.4) is 0 Å². The molecule has 0 bridgehead atoms. The van der Waals surface area contributed by atoms with Gasteiger partial charge in [-0.25, -0.2) is 8.78 Å². The van der Waals surface area contributed by atoms with Crippen LogP contribution in [0.15, 0.2) is 71.0 Å². The molecule has 7 nitrogen and oxygen atoms in total. The fraction of sp³-hybridized carbons (Fsp3) is 0.514. The van der Waals surface area contributed by atoms with Gasteiger partial charge in [-0.1, -0.05) is 63.1 Å². The standard InChI is InChI=1S/C35H50F2N4O3/c1-11-13-28(14-12-2)41-21-35(22-41,20-31(42)39-34(8,9)25(6)18-24(5)17-23(3)4)40-32(43)26(7)44-33(38-10)29-16-15-27(36)19-30(29)37/h15-19,28H,3,7,11-14,20-22H2,1-2,4-6,8-10H3,(H,39,42)(H,40,43)/b24-17-,25-18+,38-33?. The lowest BCUT2D eigenvalue weighted by atomic mass is 9.82. The molecule has 0 radical (unpaired) electrons. The van der Waals surface area contributed by atoms with E-state index in [2.05, 4.69) is 47.5 Å². The van der Waals surface area contributed by atoms with Crippen molar-refractivity contribution < 1.29 is 23.1 Å². The van der Waals surface area contributed by atoms with Crippen LogP contribution in [0, 0.1) is 11.6 Å². The maximum atomic E-state index is 14.4. The molecular weight excluding hydrogens is 562 g/mol. The molecule has 2 rings (SSSR count). The third-order valence-electron chi connectivity index (χ3n) is 7.84. The molecule has 0 spiro atoms. The second-order valence-corrected chi connectivity index (χ2v) is 12.5. The van der Waals surface area contributed by atoms with E-state index < -0.39 is 28.6 Å². The topological polar surface area (TPSA) is 83.0 Å². The minimum Gasteiger partial charge on any atom is -0.434 e. The highest BCUT2D eigenvalue weighted by molar-refractivity contribution is 6.00. The number of carbonyl (C=O) groups excluding carboxylic acids is 2. The van der Waals surface area contributed by atoms with Crippen molar-refractivity contribution in [1.82, 2.24) is 15.5 Å². The first-order valence-electron chi connectivity index (χ1n) is 15.3. The van der Waals surface area contributed by atoms with Crippen molar-refractivity contribution in [2.75, 3.05) is 20.1 Å². The van der Waals surface area contributed by atoms with Crippen LogP contribution >= 0.6 is 0 Å². The number of benzene rings is 1. The zero-order valence-electron chi connectivity index (χ0n) is 27.7. The van der Waals surface area contributed by atoms with Gasteiger partial charge in [0.25, 0.3) is 5.91 Å². The Morgan fingerprint density at radius 2 is 1.73 bits per heavy atom. The summed E-state index contributed by atoms with van der Waals surface area (Å²) in [6, 6.07) is 3.32. The number of hydrogen-bond acceptors (Lipinski definition) is 5. The van der Waals surface area contributed by atoms with E-state index >= 15 is 0 Å². The summed E-state index contributed by atoms with van der Waals surface area (Å²) in [6.07, 6.45) is 8.16. The fourth-order valence-corrected chi connectivity index (χ4v) is 5.51. The molecule has 2 amide bonds. The third-order valence-corrected chi connectivity index (χ3v) is 7.84. The number of carbonyl (C=O) groups is 2. The van der Waals surface area contributed by atoms with Crippen LogP contribution in [-0.2, 0) is 14.3 Å². The molecule has 2 N–H and O–H groups in total. The van der Waals surface area contributed by atoms with E-state index in [4.69, 9.17) is 4.74 Å². The summed E-state index contributed by atoms with van der Waals surface area (Å²) in [7, 11) is 1.37. The summed E-state index contributed by atoms with van der Waals surface area (Å²) in [5, 5.41) is 6.13. The van der Waals surface area contributed by atoms with Crippen molar-refractivity contribution in [3.63, 3.8) is 0 Å². The van der Waals surface area contributed by atoms with Crippen molar-refractivity contribution in [2.24, 2.45) is 4.99 Å². The first kappa shape index (κ1) is 36.6. The molecule has 1 heterocycles. The van der Waals surface area contributed by atoms with Crippen molar-refractivity contribution in [1.29, 1.82) is 0 Å². The van der Waals surface area contributed by atoms with Crippen LogP contribution in [0.2, 0.25) is 0 Å². The third kappa shape index (κ3) is 10.3. The average molecular weight is 613 g/mol. The quantitative estimate of drug-likeness (QED) is 0.0754. The normalized spacial score (nSPS) is 15.9. The second-order valence-electron chi connectivity index (χ2n) is 12.5. The second kappa shape index (κ2) is 15.9. The molecule has 1 aromatic rings. The van der Waals surface area contributed by atoms with Crippen LogP contribution in [0.1, 0.15) is 86.1 Å². The van der Waals surface area contributed by atoms with E-state index in [-0.39, 0.29) is 29.5 Å². The summed E-state index contributed by atoms with van der Waals surface area (Å²) < 4.78 is 33.4. The Kier molecular flexibility index (Phi) is 13.3. The van der Waals surface area contributed by atoms with E-state index in [1.807, 2.05) is 46.8 Å². The number of aliphatic imine (C=N–C) groups is 1. The fourth-order valence-electron chi connectivity index (χ4n) is 5.51. The van der Waals surface area contributed by atoms with Gasteiger partial charge in [0.05, 0.1) is 23.1 Å². The van der Waals surface area contributed by atoms with Gasteiger partial charge >= 0.3 is 0 Å². The molecule has 9 heteroatoms. The lowest BCUT2D eigenvalue weighted by molar-refractivity contribution is -0.131. The number of ether oxygens (including phenoxy) is 1. The predicted molar refractivity (Wildman–Crippen MR) is 174 cm³/mol. The van der Waals surface area contributed by atoms with Crippen molar-refractivity contribution in [3.8, 4) is 0 Å². The lowest BCUT2D eigenvalue weighted by Crippen LogP contribution is -2.73. The molecule has 0 aromatic heterocycles. The molecule has 0 aliphatic carbocycles. The molecule has 242 valence electrons. The van der Waals surface area contributed by atoms with Crippen LogP contribution in [0.25, 0.3) is 0 Å². The smallest absolute Gasteiger partial charge is 0.286 e. The summed E-state index contributed by atoms with van der Waals surface area (Å²) in [6.45, 7) is 22.7. The average Bonchev–Trinajstić information content (AvgIpc) is 2.89. The highest BCUT2D eigenvalue weighted by atomic mass is 19.1. The van der Waals surface area contributed by atoms with Gasteiger partial charge in [0, 0.05) is 32.2 Å². The van der Waals surface area contributed by atoms with E-state index in [1.54, 1.807) is 0 Å². The Balaban J connectivity index is 2.25. The van der Waals surface area contributed by atoms with Crippen molar-refractivity contribution in [3.05, 3.63) is 83.2 Å². The molecular formula is C35H50F2N4O3. The highest BCUT2D eigenvalue weighted by Gasteiger charge is 2.48. The number of amides is 2. The SMILES string of the molecule is C=C(C)/C=C(C)\C=C(/C)C(C)(C)NC(=O)CC1(NC(=O)C(=C)OC(=NC)c2ccc(F)cc2F)CN(C(CCC)CCC)C1. The number of hydrogen-bond donors (Lipinski definition) is 2. The number of halogens is 2. The Bertz CT molecular complexity index is 1320. The van der Waals surface area contributed by atoms with Gasteiger partial charge in [-0.15, -0.1) is 0 Å². The first-order valence-corrected chi connectivity index (χ1v) is 15.3. The molecule has 0 unspecified atom stereocenters. The molecule has 1 aliphatic rings. The van der Waals surface area contributed by atoms with Crippen molar-refractivity contribution >= 4 is 17.7 Å². The molecule has 44 heavy (non-hydrogen) atoms. The van der Waals surface area contributed by atoms with Gasteiger partial charge in [-0.3, -0.25) is 19.5 Å². The molecule has 1 fully saturated rings. The Labute approximate surface area is 262 Å². The zero-order valence-corrected chi connectivity index (χ0v) is 27.7. The monoisotopic (exact) mass is 612 g/mol. The van der Waals surface area contributed by atoms with E-state index in [9.17, 15) is 18.4 Å². The van der Waals surface area contributed by atoms with Gasteiger partial charge in [0.15, 0.2) is 5.76 Å². The zero-order chi connectivity index (χ0) is 33.2. The number of likely N-dealkylation sites (tertiary alicyclic amines) is 1. The maximum Gasteiger partial charge on any atom is 0.286 e. The molecule has 1 aliphatic heterocycles. The van der Waals surface area contributed by atoms with Crippen LogP contribution in [0.4, 0.5) is 8.78 Å². The van der Waals surface area contributed by atoms with Crippen LogP contribution < -0.4 is 10.6 Å². The molecule has 1 aromatic carbocycles. The summed E-state index contributed by atoms with van der Waals surface area (Å²) in [5.41, 5.74) is 1.34. The van der Waals surface area contributed by atoms with E-state index in [1.165, 1.54) is 13.1 Å². The number of rotatable bonds is 15. The maximum absolute atomic E-state index is 14.4. The number of allylic oxidation sites excluding steroid dienone is 4. The van der Waals surface area contributed by atoms with E-state index in [0.717, 1.165) is 48.5 Å². The lowest BCUT2D eigenvalue weighted by Gasteiger charge is -2.53. The van der Waals surface area contributed by atoms with Gasteiger partial charge in [0.1, 0.15) is 11.6 Å². The number of nitrogens with one attached hydrogen (secondary N) is 2. The van der Waals surface area contributed by atoms with Crippen molar-refractivity contribution in [2.45, 2.75) is 97.7 Å². The van der Waals surface area contributed by atoms with E-state index in [0.29, 0.717) is 25.2 Å². The number of nitrogens with zero attached hydrogens (tertiary/aromatic N) is 2. The Morgan fingerprint density at radius 3 is 2.25 bits per heavy atom. The van der Waals surface area contributed by atoms with Crippen LogP contribution in [-0.4, -0.2) is 59.9 Å². The summed E-state index contributed by atoms with van der Waals surface area (Å²) in [5.74, 6) is -3.00. The van der Waals surface area contributed by atoms with Gasteiger partial charge in [-0.05, 0) is 65.2 Å². The predicted octanol–water partition coefficient (Wildman–Crippen LogP) is 6.76. The molecule has 1 saturated heterocycles. The van der Waals surface area contributed by atoms with Gasteiger partial charge in [-0.2, -0.15) is 0 Å². The first-order chi connectivity index (χ1) is 20.6. The summed E-state index contributed by atoms with van der Waals surface area (Å²) >= 11 is 0. The van der Waals surface area contributed by atoms with Crippen LogP contribution in [0.5, 0.6) is 0 Å². The Morgan fingerprint density at radius 1 is 1.11 bits per heavy atom. The summed E-state index contributed by atoms with van der Waals surface area (Å²) in [4.78, 5) is 33.1.